The molecule has 0 aliphatic carbocycles. The van der Waals surface area contributed by atoms with Gasteiger partial charge in [-0.25, -0.2) is 4.79 Å². The number of amides is 4. The number of carbonyl (C=O) groups is 3. The predicted molar refractivity (Wildman–Crippen MR) is 165 cm³/mol. The summed E-state index contributed by atoms with van der Waals surface area (Å²) in [4.78, 5) is 43.7. The van der Waals surface area contributed by atoms with Crippen LogP contribution in [0.25, 0.3) is 11.1 Å². The van der Waals surface area contributed by atoms with Crippen molar-refractivity contribution in [1.29, 1.82) is 0 Å². The Hall–Kier alpha value is -3.86. The number of nitrogens with one attached hydrogen (secondary N) is 2. The highest BCUT2D eigenvalue weighted by Crippen LogP contribution is 2.33. The maximum absolute atomic E-state index is 13.7. The van der Waals surface area contributed by atoms with Crippen LogP contribution < -0.4 is 16.4 Å². The van der Waals surface area contributed by atoms with E-state index in [1.54, 1.807) is 23.6 Å². The maximum atomic E-state index is 13.7. The summed E-state index contributed by atoms with van der Waals surface area (Å²) in [7, 11) is 0. The van der Waals surface area contributed by atoms with Gasteiger partial charge in [0.15, 0.2) is 5.37 Å². The second-order valence-electron chi connectivity index (χ2n) is 11.3. The molecule has 5 rings (SSSR count). The van der Waals surface area contributed by atoms with Crippen LogP contribution in [0.2, 0.25) is 0 Å². The molecule has 1 atom stereocenters. The van der Waals surface area contributed by atoms with E-state index in [0.717, 1.165) is 32.8 Å². The molecule has 1 fully saturated rings. The second-order valence-corrected chi connectivity index (χ2v) is 12.5. The summed E-state index contributed by atoms with van der Waals surface area (Å²) < 4.78 is 5.36. The number of rotatable bonds is 7. The van der Waals surface area contributed by atoms with Crippen LogP contribution in [-0.4, -0.2) is 64.9 Å². The van der Waals surface area contributed by atoms with Gasteiger partial charge >= 0.3 is 6.03 Å². The van der Waals surface area contributed by atoms with E-state index < -0.39 is 10.9 Å². The molecule has 4 amide bonds. The number of carbonyl (C=O) groups excluding carboxylic acids is 3. The van der Waals surface area contributed by atoms with Gasteiger partial charge in [0, 0.05) is 48.6 Å². The minimum absolute atomic E-state index is 0.120. The summed E-state index contributed by atoms with van der Waals surface area (Å²) in [6.07, 6.45) is 0.120. The second kappa shape index (κ2) is 13.0. The van der Waals surface area contributed by atoms with E-state index in [2.05, 4.69) is 10.6 Å². The summed E-state index contributed by atoms with van der Waals surface area (Å²) in [6, 6.07) is 23.5. The zero-order chi connectivity index (χ0) is 29.7. The van der Waals surface area contributed by atoms with Gasteiger partial charge in [-0.15, -0.1) is 0 Å². The SMILES string of the molecule is CC(C)(N)CC(=O)N[C@@H]1Sc2ccccc2CN(Cc2ccc(-c3ccccc3NC(=O)N3CCOCC3)cc2)C1=O. The largest absolute Gasteiger partial charge is 0.378 e. The number of fused-ring (bicyclic) bond motifs is 1. The van der Waals surface area contributed by atoms with Crippen LogP contribution in [0, 0.1) is 0 Å². The van der Waals surface area contributed by atoms with Crippen molar-refractivity contribution in [3.8, 4) is 11.1 Å². The first-order valence-corrected chi connectivity index (χ1v) is 15.0. The number of morpholine rings is 1. The molecule has 2 aliphatic rings. The molecule has 0 unspecified atom stereocenters. The van der Waals surface area contributed by atoms with Crippen molar-refractivity contribution in [3.05, 3.63) is 83.9 Å². The third-order valence-electron chi connectivity index (χ3n) is 7.13. The first-order chi connectivity index (χ1) is 20.2. The first-order valence-electron chi connectivity index (χ1n) is 14.1. The summed E-state index contributed by atoms with van der Waals surface area (Å²) >= 11 is 1.36. The monoisotopic (exact) mass is 587 g/mol. The van der Waals surface area contributed by atoms with Crippen molar-refractivity contribution in [2.75, 3.05) is 31.6 Å². The number of urea groups is 1. The van der Waals surface area contributed by atoms with Gasteiger partial charge in [-0.05, 0) is 42.7 Å². The van der Waals surface area contributed by atoms with E-state index in [0.29, 0.717) is 39.4 Å². The molecule has 9 nitrogen and oxygen atoms in total. The molecule has 0 saturated carbocycles. The van der Waals surface area contributed by atoms with Gasteiger partial charge in [-0.2, -0.15) is 0 Å². The van der Waals surface area contributed by atoms with Gasteiger partial charge in [0.25, 0.3) is 5.91 Å². The van der Waals surface area contributed by atoms with Gasteiger partial charge in [-0.3, -0.25) is 9.59 Å². The molecule has 10 heteroatoms. The lowest BCUT2D eigenvalue weighted by atomic mass is 10.0. The minimum atomic E-state index is -0.746. The lowest BCUT2D eigenvalue weighted by Gasteiger charge is -2.27. The topological polar surface area (TPSA) is 117 Å². The molecule has 220 valence electrons. The summed E-state index contributed by atoms with van der Waals surface area (Å²) in [5.41, 5.74) is 9.96. The highest BCUT2D eigenvalue weighted by molar-refractivity contribution is 8.00. The van der Waals surface area contributed by atoms with Gasteiger partial charge in [0.2, 0.25) is 5.91 Å². The number of nitrogens with two attached hydrogens (primary N) is 1. The van der Waals surface area contributed by atoms with Crippen molar-refractivity contribution in [3.63, 3.8) is 0 Å². The summed E-state index contributed by atoms with van der Waals surface area (Å²) in [5.74, 6) is -0.406. The van der Waals surface area contributed by atoms with Gasteiger partial charge in [-0.1, -0.05) is 72.4 Å². The van der Waals surface area contributed by atoms with Crippen LogP contribution in [0.3, 0.4) is 0 Å². The zero-order valence-corrected chi connectivity index (χ0v) is 24.8. The Morgan fingerprint density at radius 1 is 1.00 bits per heavy atom. The number of thioether (sulfide) groups is 1. The quantitative estimate of drug-likeness (QED) is 0.377. The van der Waals surface area contributed by atoms with E-state index in [-0.39, 0.29) is 24.3 Å². The zero-order valence-electron chi connectivity index (χ0n) is 24.0. The molecule has 3 aromatic carbocycles. The summed E-state index contributed by atoms with van der Waals surface area (Å²) in [5, 5.41) is 5.21. The average Bonchev–Trinajstić information content (AvgIpc) is 3.09. The van der Waals surface area contributed by atoms with Crippen LogP contribution in [0.1, 0.15) is 31.4 Å². The Kier molecular flexibility index (Phi) is 9.15. The Morgan fingerprint density at radius 2 is 1.69 bits per heavy atom. The Bertz CT molecular complexity index is 1430. The molecule has 42 heavy (non-hydrogen) atoms. The highest BCUT2D eigenvalue weighted by atomic mass is 32.2. The number of para-hydroxylation sites is 1. The Balaban J connectivity index is 1.32. The third-order valence-corrected chi connectivity index (χ3v) is 8.34. The first kappa shape index (κ1) is 29.6. The standard InChI is InChI=1S/C32H37N5O4S/c1-32(2,33)19-28(38)35-29-30(39)37(21-24-7-3-6-10-27(24)42-29)20-22-11-13-23(14-12-22)25-8-4-5-9-26(25)34-31(40)36-15-17-41-18-16-36/h3-14,29H,15-21,33H2,1-2H3,(H,34,40)(H,35,38)/t29-/m1/s1. The number of anilines is 1. The van der Waals surface area contributed by atoms with Crippen LogP contribution in [0.4, 0.5) is 10.5 Å². The fourth-order valence-electron chi connectivity index (χ4n) is 5.03. The van der Waals surface area contributed by atoms with Crippen molar-refractivity contribution in [2.45, 2.75) is 49.2 Å². The summed E-state index contributed by atoms with van der Waals surface area (Å²) in [6.45, 7) is 6.62. The number of nitrogens with zero attached hydrogens (tertiary/aromatic N) is 2. The maximum Gasteiger partial charge on any atom is 0.322 e. The van der Waals surface area contributed by atoms with Gasteiger partial charge in [0.05, 0.1) is 18.9 Å². The van der Waals surface area contributed by atoms with E-state index >= 15 is 0 Å². The van der Waals surface area contributed by atoms with E-state index in [1.807, 2.05) is 72.8 Å². The predicted octanol–water partition coefficient (Wildman–Crippen LogP) is 4.42. The molecule has 0 radical (unpaired) electrons. The van der Waals surface area contributed by atoms with Gasteiger partial charge in [0.1, 0.15) is 0 Å². The van der Waals surface area contributed by atoms with Gasteiger partial charge < -0.3 is 30.9 Å². The lowest BCUT2D eigenvalue weighted by Crippen LogP contribution is -2.47. The van der Waals surface area contributed by atoms with E-state index in [1.165, 1.54) is 11.8 Å². The van der Waals surface area contributed by atoms with Crippen molar-refractivity contribution in [2.24, 2.45) is 5.73 Å². The number of hydrogen-bond donors (Lipinski definition) is 3. The van der Waals surface area contributed by atoms with Crippen LogP contribution in [0.5, 0.6) is 0 Å². The molecule has 0 spiro atoms. The molecule has 2 aliphatic heterocycles. The number of ether oxygens (including phenoxy) is 1. The van der Waals surface area contributed by atoms with Crippen molar-refractivity contribution < 1.29 is 19.1 Å². The average molecular weight is 588 g/mol. The number of benzene rings is 3. The minimum Gasteiger partial charge on any atom is -0.378 e. The molecule has 1 saturated heterocycles. The van der Waals surface area contributed by atoms with Crippen LogP contribution in [0.15, 0.2) is 77.7 Å². The third kappa shape index (κ3) is 7.50. The smallest absolute Gasteiger partial charge is 0.322 e. The lowest BCUT2D eigenvalue weighted by molar-refractivity contribution is -0.135. The Labute approximate surface area is 250 Å². The fourth-order valence-corrected chi connectivity index (χ4v) is 6.16. The molecule has 0 bridgehead atoms. The molecule has 0 aromatic heterocycles. The molecule has 4 N–H and O–H groups in total. The van der Waals surface area contributed by atoms with Crippen LogP contribution in [-0.2, 0) is 27.4 Å². The van der Waals surface area contributed by atoms with E-state index in [4.69, 9.17) is 10.5 Å². The number of hydrogen-bond acceptors (Lipinski definition) is 6. The molecule has 2 heterocycles. The van der Waals surface area contributed by atoms with Crippen LogP contribution >= 0.6 is 11.8 Å². The normalized spacial score (nSPS) is 17.3. The highest BCUT2D eigenvalue weighted by Gasteiger charge is 2.32. The fraction of sp³-hybridized carbons (Fsp3) is 0.344. The van der Waals surface area contributed by atoms with Crippen molar-refractivity contribution >= 4 is 35.3 Å². The molecular weight excluding hydrogens is 550 g/mol. The Morgan fingerprint density at radius 3 is 2.43 bits per heavy atom. The van der Waals surface area contributed by atoms with E-state index in [9.17, 15) is 14.4 Å². The molecule has 3 aromatic rings. The van der Waals surface area contributed by atoms with Crippen molar-refractivity contribution in [1.82, 2.24) is 15.1 Å². The molecular formula is C32H37N5O4S.